The molecule has 0 bridgehead atoms. The lowest BCUT2D eigenvalue weighted by atomic mass is 10.2. The van der Waals surface area contributed by atoms with E-state index in [0.717, 1.165) is 17.3 Å². The maximum absolute atomic E-state index is 14.9. The fourth-order valence-electron chi connectivity index (χ4n) is 3.76. The van der Waals surface area contributed by atoms with Crippen molar-refractivity contribution in [3.8, 4) is 17.1 Å². The summed E-state index contributed by atoms with van der Waals surface area (Å²) in [4.78, 5) is 36.1. The highest BCUT2D eigenvalue weighted by molar-refractivity contribution is 5.74. The van der Waals surface area contributed by atoms with Gasteiger partial charge >= 0.3 is 11.6 Å². The van der Waals surface area contributed by atoms with Crippen molar-refractivity contribution in [2.24, 2.45) is 0 Å². The zero-order chi connectivity index (χ0) is 25.8. The first kappa shape index (κ1) is 23.4. The van der Waals surface area contributed by atoms with E-state index in [4.69, 9.17) is 4.74 Å². The third-order valence-corrected chi connectivity index (χ3v) is 5.46. The summed E-state index contributed by atoms with van der Waals surface area (Å²) in [5.41, 5.74) is -3.28. The molecule has 0 spiro atoms. The van der Waals surface area contributed by atoms with Gasteiger partial charge < -0.3 is 14.6 Å². The number of aromatic amines is 2. The Morgan fingerprint density at radius 3 is 2.64 bits per heavy atom. The van der Waals surface area contributed by atoms with Crippen LogP contribution in [0.1, 0.15) is 12.0 Å². The third-order valence-electron chi connectivity index (χ3n) is 5.46. The van der Waals surface area contributed by atoms with E-state index in [0.29, 0.717) is 16.8 Å². The number of ether oxygens (including phenoxy) is 1. The van der Waals surface area contributed by atoms with Gasteiger partial charge in [0.1, 0.15) is 5.69 Å². The molecule has 0 aliphatic carbocycles. The van der Waals surface area contributed by atoms with E-state index in [1.54, 1.807) is 0 Å². The van der Waals surface area contributed by atoms with Crippen molar-refractivity contribution < 1.29 is 31.1 Å². The summed E-state index contributed by atoms with van der Waals surface area (Å²) in [6.45, 7) is -1.50. The highest BCUT2D eigenvalue weighted by Gasteiger charge is 2.51. The smallest absolute Gasteiger partial charge is 0.325 e. The summed E-state index contributed by atoms with van der Waals surface area (Å²) in [7, 11) is 0. The number of nitrogens with one attached hydrogen (secondary N) is 2. The molecule has 4 aromatic heterocycles. The van der Waals surface area contributed by atoms with Crippen LogP contribution in [0.15, 0.2) is 40.3 Å². The predicted octanol–water partition coefficient (Wildman–Crippen LogP) is 2.29. The molecule has 1 saturated heterocycles. The zero-order valence-electron chi connectivity index (χ0n) is 17.7. The number of hydrogen-bond donors (Lipinski definition) is 2. The Kier molecular flexibility index (Phi) is 5.44. The molecule has 1 aliphatic rings. The Morgan fingerprint density at radius 2 is 1.92 bits per heavy atom. The molecular formula is C20H13F6N7O3. The fourth-order valence-corrected chi connectivity index (χ4v) is 3.76. The van der Waals surface area contributed by atoms with Gasteiger partial charge in [0.05, 0.1) is 42.3 Å². The number of nitrogens with zero attached hydrogens (tertiary/aromatic N) is 5. The number of imidazole rings is 1. The number of halogens is 6. The van der Waals surface area contributed by atoms with Crippen molar-refractivity contribution in [1.82, 2.24) is 29.5 Å². The van der Waals surface area contributed by atoms with E-state index in [9.17, 15) is 35.9 Å². The van der Waals surface area contributed by atoms with Crippen molar-refractivity contribution in [1.29, 1.82) is 0 Å². The summed E-state index contributed by atoms with van der Waals surface area (Å²) < 4.78 is 89.3. The van der Waals surface area contributed by atoms with Gasteiger partial charge in [0.15, 0.2) is 17.6 Å². The van der Waals surface area contributed by atoms with E-state index in [2.05, 4.69) is 20.1 Å². The number of rotatable bonds is 5. The average molecular weight is 513 g/mol. The van der Waals surface area contributed by atoms with Crippen molar-refractivity contribution in [2.75, 3.05) is 18.0 Å². The van der Waals surface area contributed by atoms with Crippen LogP contribution in [0.3, 0.4) is 0 Å². The number of H-pyrrole nitrogens is 2. The lowest BCUT2D eigenvalue weighted by Gasteiger charge is -2.19. The van der Waals surface area contributed by atoms with Gasteiger partial charge in [0.25, 0.3) is 12.0 Å². The molecule has 1 atom stereocenters. The topological polar surface area (TPSA) is 121 Å². The largest absolute Gasteiger partial charge is 0.466 e. The highest BCUT2D eigenvalue weighted by Crippen LogP contribution is 2.37. The first-order valence-corrected chi connectivity index (χ1v) is 10.1. The molecule has 16 heteroatoms. The van der Waals surface area contributed by atoms with Crippen LogP contribution in [0.2, 0.25) is 0 Å². The quantitative estimate of drug-likeness (QED) is 0.393. The molecule has 188 valence electrons. The van der Waals surface area contributed by atoms with Crippen LogP contribution in [0.4, 0.5) is 32.0 Å². The van der Waals surface area contributed by atoms with Crippen molar-refractivity contribution in [3.63, 3.8) is 0 Å². The van der Waals surface area contributed by atoms with E-state index in [-0.39, 0.29) is 22.6 Å². The third kappa shape index (κ3) is 4.03. The number of hydrogen-bond acceptors (Lipinski definition) is 7. The number of anilines is 1. The Hall–Kier alpha value is -4.37. The summed E-state index contributed by atoms with van der Waals surface area (Å²) >= 11 is 0. The number of alkyl halides is 4. The van der Waals surface area contributed by atoms with Crippen LogP contribution < -0.4 is 20.9 Å². The van der Waals surface area contributed by atoms with Crippen LogP contribution in [0.25, 0.3) is 16.9 Å². The Balaban J connectivity index is 1.53. The van der Waals surface area contributed by atoms with Crippen LogP contribution in [0.5, 0.6) is 5.88 Å². The van der Waals surface area contributed by atoms with Gasteiger partial charge in [-0.25, -0.2) is 36.7 Å². The Labute approximate surface area is 195 Å². The molecule has 5 rings (SSSR count). The Morgan fingerprint density at radius 1 is 1.14 bits per heavy atom. The van der Waals surface area contributed by atoms with E-state index in [1.807, 2.05) is 4.98 Å². The van der Waals surface area contributed by atoms with E-state index in [1.165, 1.54) is 6.07 Å². The minimum Gasteiger partial charge on any atom is -0.466 e. The average Bonchev–Trinajstić information content (AvgIpc) is 3.33. The molecule has 0 aromatic carbocycles. The summed E-state index contributed by atoms with van der Waals surface area (Å²) in [6, 6.07) is 1.74. The molecule has 1 unspecified atom stereocenters. The van der Waals surface area contributed by atoms with Gasteiger partial charge in [-0.05, 0) is 6.07 Å². The van der Waals surface area contributed by atoms with Crippen LogP contribution in [0, 0.1) is 11.8 Å². The molecule has 10 nitrogen and oxygen atoms in total. The first-order chi connectivity index (χ1) is 17.0. The minimum atomic E-state index is -3.55. The first-order valence-electron chi connectivity index (χ1n) is 10.1. The number of aromatic nitrogens is 6. The predicted molar refractivity (Wildman–Crippen MR) is 110 cm³/mol. The van der Waals surface area contributed by atoms with E-state index >= 15 is 0 Å². The van der Waals surface area contributed by atoms with Crippen molar-refractivity contribution in [2.45, 2.75) is 18.5 Å². The zero-order valence-corrected chi connectivity index (χ0v) is 17.7. The standard InChI is InChI=1S/C20H13F6N7O3/c21-10-4-27-15(1-8(10)16(23)24)36-13-6-32(7-20(13,25)26)12-2-11(9-3-29-19(35)30-18(9)34)31-33-14(22)5-28-17(12)33/h1-5,13,16H,6-7H2,(H2,29,30,34,35). The van der Waals surface area contributed by atoms with Gasteiger partial charge in [-0.1, -0.05) is 0 Å². The lowest BCUT2D eigenvalue weighted by molar-refractivity contribution is -0.0610. The van der Waals surface area contributed by atoms with Gasteiger partial charge in [-0.3, -0.25) is 9.78 Å². The van der Waals surface area contributed by atoms with Crippen LogP contribution in [-0.2, 0) is 0 Å². The van der Waals surface area contributed by atoms with Gasteiger partial charge in [0.2, 0.25) is 11.8 Å². The SMILES string of the molecule is O=c1[nH]cc(-c2cc(N3CC(Oc4cc(C(F)F)c(F)cn4)C(F)(F)C3)c3ncc(F)n3n2)c(=O)[nH]1. The summed E-state index contributed by atoms with van der Waals surface area (Å²) in [5.74, 6) is -6.46. The summed E-state index contributed by atoms with van der Waals surface area (Å²) in [6.07, 6.45) is -2.86. The second kappa shape index (κ2) is 8.39. The van der Waals surface area contributed by atoms with Gasteiger partial charge in [0, 0.05) is 12.3 Å². The molecule has 0 saturated carbocycles. The van der Waals surface area contributed by atoms with Crippen LogP contribution in [-0.4, -0.2) is 54.7 Å². The van der Waals surface area contributed by atoms with Gasteiger partial charge in [-0.2, -0.15) is 14.0 Å². The molecule has 1 fully saturated rings. The molecule has 0 amide bonds. The molecule has 1 aliphatic heterocycles. The monoisotopic (exact) mass is 513 g/mol. The van der Waals surface area contributed by atoms with Gasteiger partial charge in [-0.15, -0.1) is 0 Å². The maximum atomic E-state index is 14.9. The van der Waals surface area contributed by atoms with E-state index < -0.39 is 66.0 Å². The number of pyridine rings is 1. The highest BCUT2D eigenvalue weighted by atomic mass is 19.3. The van der Waals surface area contributed by atoms with Crippen molar-refractivity contribution in [3.05, 3.63) is 68.9 Å². The number of fused-ring (bicyclic) bond motifs is 1. The summed E-state index contributed by atoms with van der Waals surface area (Å²) in [5, 5.41) is 3.96. The molecule has 36 heavy (non-hydrogen) atoms. The molecule has 0 radical (unpaired) electrons. The Bertz CT molecular complexity index is 1580. The normalized spacial score (nSPS) is 17.3. The minimum absolute atomic E-state index is 0.0550. The lowest BCUT2D eigenvalue weighted by Crippen LogP contribution is -2.36. The molecule has 4 aromatic rings. The second-order valence-corrected chi connectivity index (χ2v) is 7.81. The maximum Gasteiger partial charge on any atom is 0.325 e. The molecule has 5 heterocycles. The van der Waals surface area contributed by atoms with Crippen LogP contribution >= 0.6 is 0 Å². The molecular weight excluding hydrogens is 500 g/mol. The second-order valence-electron chi connectivity index (χ2n) is 7.81. The fraction of sp³-hybridized carbons (Fsp3) is 0.250. The van der Waals surface area contributed by atoms with Crippen molar-refractivity contribution >= 4 is 11.3 Å². The molecule has 2 N–H and O–H groups in total.